The predicted molar refractivity (Wildman–Crippen MR) is 63.0 cm³/mol. The van der Waals surface area contributed by atoms with Gasteiger partial charge < -0.3 is 5.32 Å². The van der Waals surface area contributed by atoms with Crippen molar-refractivity contribution in [3.05, 3.63) is 29.0 Å². The summed E-state index contributed by atoms with van der Waals surface area (Å²) in [5.74, 6) is -0.951. The third kappa shape index (κ3) is 3.18. The van der Waals surface area contributed by atoms with Crippen LogP contribution in [-0.2, 0) is 4.79 Å². The molecule has 1 aromatic rings. The van der Waals surface area contributed by atoms with Crippen LogP contribution in [0.2, 0.25) is 5.02 Å². The van der Waals surface area contributed by atoms with Crippen molar-refractivity contribution >= 4 is 39.1 Å². The van der Waals surface area contributed by atoms with Crippen molar-refractivity contribution < 1.29 is 9.18 Å². The van der Waals surface area contributed by atoms with E-state index in [0.717, 1.165) is 0 Å². The second kappa shape index (κ2) is 4.49. The van der Waals surface area contributed by atoms with Gasteiger partial charge in [-0.25, -0.2) is 4.39 Å². The van der Waals surface area contributed by atoms with Gasteiger partial charge in [0.15, 0.2) is 5.82 Å². The zero-order valence-electron chi connectivity index (χ0n) is 8.27. The number of alkyl halides is 1. The molecular weight excluding hydrogens is 284 g/mol. The Labute approximate surface area is 101 Å². The minimum absolute atomic E-state index is 0.0137. The van der Waals surface area contributed by atoms with Crippen molar-refractivity contribution in [3.8, 4) is 0 Å². The number of benzene rings is 1. The molecular formula is C10H10BrClFNO. The molecule has 0 saturated carbocycles. The monoisotopic (exact) mass is 293 g/mol. The van der Waals surface area contributed by atoms with Gasteiger partial charge in [0.1, 0.15) is 0 Å². The molecule has 1 amide bonds. The molecule has 0 heterocycles. The number of hydrogen-bond donors (Lipinski definition) is 1. The highest BCUT2D eigenvalue weighted by Gasteiger charge is 2.24. The van der Waals surface area contributed by atoms with E-state index in [1.165, 1.54) is 12.1 Å². The molecule has 2 nitrogen and oxygen atoms in total. The molecule has 5 heteroatoms. The van der Waals surface area contributed by atoms with E-state index < -0.39 is 10.1 Å². The molecule has 0 unspecified atom stereocenters. The number of carbonyl (C=O) groups excluding carboxylic acids is 1. The summed E-state index contributed by atoms with van der Waals surface area (Å²) in [5.41, 5.74) is 0.0834. The number of halogens is 3. The van der Waals surface area contributed by atoms with Gasteiger partial charge in [0.2, 0.25) is 5.91 Å². The third-order valence-corrected chi connectivity index (χ3v) is 2.39. The fourth-order valence-corrected chi connectivity index (χ4v) is 1.14. The average Bonchev–Trinajstić information content (AvgIpc) is 2.11. The lowest BCUT2D eigenvalue weighted by Crippen LogP contribution is -2.31. The summed E-state index contributed by atoms with van der Waals surface area (Å²) in [5, 5.41) is 2.43. The Morgan fingerprint density at radius 2 is 2.13 bits per heavy atom. The number of hydrogen-bond acceptors (Lipinski definition) is 1. The van der Waals surface area contributed by atoms with Crippen molar-refractivity contribution in [1.82, 2.24) is 0 Å². The summed E-state index contributed by atoms with van der Waals surface area (Å²) in [6.45, 7) is 3.34. The van der Waals surface area contributed by atoms with Crippen LogP contribution in [0.3, 0.4) is 0 Å². The first-order valence-electron chi connectivity index (χ1n) is 4.27. The zero-order valence-corrected chi connectivity index (χ0v) is 10.6. The van der Waals surface area contributed by atoms with Crippen molar-refractivity contribution in [2.24, 2.45) is 0 Å². The van der Waals surface area contributed by atoms with Crippen LogP contribution in [0.5, 0.6) is 0 Å². The Bertz CT molecular complexity index is 389. The second-order valence-corrected chi connectivity index (χ2v) is 5.92. The highest BCUT2D eigenvalue weighted by molar-refractivity contribution is 9.10. The number of carbonyl (C=O) groups is 1. The molecule has 0 saturated heterocycles. The van der Waals surface area contributed by atoms with Crippen molar-refractivity contribution in [2.75, 3.05) is 5.32 Å². The molecule has 0 spiro atoms. The highest BCUT2D eigenvalue weighted by atomic mass is 79.9. The van der Waals surface area contributed by atoms with Crippen molar-refractivity contribution in [1.29, 1.82) is 0 Å². The number of rotatable bonds is 2. The van der Waals surface area contributed by atoms with E-state index in [1.807, 2.05) is 0 Å². The lowest BCUT2D eigenvalue weighted by atomic mass is 10.2. The van der Waals surface area contributed by atoms with Gasteiger partial charge in [0, 0.05) is 0 Å². The van der Waals surface area contributed by atoms with E-state index in [0.29, 0.717) is 0 Å². The molecule has 0 fully saturated rings. The van der Waals surface area contributed by atoms with E-state index in [1.54, 1.807) is 19.9 Å². The minimum Gasteiger partial charge on any atom is -0.322 e. The Hall–Kier alpha value is -0.610. The van der Waals surface area contributed by atoms with E-state index >= 15 is 0 Å². The van der Waals surface area contributed by atoms with Crippen LogP contribution in [-0.4, -0.2) is 10.2 Å². The molecule has 82 valence electrons. The maximum atomic E-state index is 13.4. The van der Waals surface area contributed by atoms with E-state index in [4.69, 9.17) is 11.6 Å². The summed E-state index contributed by atoms with van der Waals surface area (Å²) >= 11 is 8.75. The third-order valence-electron chi connectivity index (χ3n) is 1.74. The van der Waals surface area contributed by atoms with Crippen LogP contribution in [0.4, 0.5) is 10.1 Å². The highest BCUT2D eigenvalue weighted by Crippen LogP contribution is 2.24. The Kier molecular flexibility index (Phi) is 3.73. The van der Waals surface area contributed by atoms with E-state index in [-0.39, 0.29) is 16.6 Å². The van der Waals surface area contributed by atoms with Crippen molar-refractivity contribution in [3.63, 3.8) is 0 Å². The molecule has 0 atom stereocenters. The lowest BCUT2D eigenvalue weighted by molar-refractivity contribution is -0.117. The first kappa shape index (κ1) is 12.5. The summed E-state index contributed by atoms with van der Waals surface area (Å²) in [6, 6.07) is 4.45. The van der Waals surface area contributed by atoms with Crippen LogP contribution >= 0.6 is 27.5 Å². The number of amides is 1. The Balaban J connectivity index is 2.91. The standard InChI is InChI=1S/C10H10BrClFNO/c1-10(2,11)9(15)14-7-5-3-4-6(12)8(7)13/h3-5H,1-2H3,(H,14,15). The molecule has 1 N–H and O–H groups in total. The first-order valence-corrected chi connectivity index (χ1v) is 5.44. The smallest absolute Gasteiger partial charge is 0.240 e. The van der Waals surface area contributed by atoms with E-state index in [2.05, 4.69) is 21.2 Å². The number of anilines is 1. The van der Waals surface area contributed by atoms with Gasteiger partial charge >= 0.3 is 0 Å². The van der Waals surface area contributed by atoms with Gasteiger partial charge in [-0.3, -0.25) is 4.79 Å². The summed E-state index contributed by atoms with van der Waals surface area (Å²) in [7, 11) is 0. The molecule has 0 aliphatic carbocycles. The molecule has 0 radical (unpaired) electrons. The van der Waals surface area contributed by atoms with Crippen molar-refractivity contribution in [2.45, 2.75) is 18.2 Å². The topological polar surface area (TPSA) is 29.1 Å². The maximum Gasteiger partial charge on any atom is 0.240 e. The Morgan fingerprint density at radius 3 is 2.67 bits per heavy atom. The normalized spacial score (nSPS) is 11.3. The molecule has 1 rings (SSSR count). The quantitative estimate of drug-likeness (QED) is 0.830. The molecule has 0 aliphatic rings. The van der Waals surface area contributed by atoms with E-state index in [9.17, 15) is 9.18 Å². The number of nitrogens with one attached hydrogen (secondary N) is 1. The van der Waals surface area contributed by atoms with Crippen LogP contribution in [0, 0.1) is 5.82 Å². The van der Waals surface area contributed by atoms with Gasteiger partial charge in [0.05, 0.1) is 15.0 Å². The van der Waals surface area contributed by atoms with Gasteiger partial charge in [-0.2, -0.15) is 0 Å². The van der Waals surface area contributed by atoms with Gasteiger partial charge in [-0.05, 0) is 26.0 Å². The molecule has 15 heavy (non-hydrogen) atoms. The molecule has 0 bridgehead atoms. The fraction of sp³-hybridized carbons (Fsp3) is 0.300. The largest absolute Gasteiger partial charge is 0.322 e. The summed E-state index contributed by atoms with van der Waals surface area (Å²) in [6.07, 6.45) is 0. The maximum absolute atomic E-state index is 13.4. The van der Waals surface area contributed by atoms with Gasteiger partial charge in [-0.15, -0.1) is 0 Å². The van der Waals surface area contributed by atoms with Crippen LogP contribution in [0.15, 0.2) is 18.2 Å². The van der Waals surface area contributed by atoms with Gasteiger partial charge in [-0.1, -0.05) is 33.6 Å². The average molecular weight is 295 g/mol. The van der Waals surface area contributed by atoms with Crippen LogP contribution in [0.1, 0.15) is 13.8 Å². The van der Waals surface area contributed by atoms with Gasteiger partial charge in [0.25, 0.3) is 0 Å². The van der Waals surface area contributed by atoms with Crippen LogP contribution < -0.4 is 5.32 Å². The molecule has 0 aromatic heterocycles. The second-order valence-electron chi connectivity index (χ2n) is 3.53. The van der Waals surface area contributed by atoms with Crippen LogP contribution in [0.25, 0.3) is 0 Å². The Morgan fingerprint density at radius 1 is 1.53 bits per heavy atom. The summed E-state index contributed by atoms with van der Waals surface area (Å²) < 4.78 is 12.6. The minimum atomic E-state index is -0.748. The SMILES string of the molecule is CC(C)(Br)C(=O)Nc1cccc(Cl)c1F. The first-order chi connectivity index (χ1) is 6.82. The lowest BCUT2D eigenvalue weighted by Gasteiger charge is -2.16. The predicted octanol–water partition coefficient (Wildman–Crippen LogP) is 3.59. The fourth-order valence-electron chi connectivity index (χ4n) is 0.871. The molecule has 1 aromatic carbocycles. The zero-order chi connectivity index (χ0) is 11.6. The summed E-state index contributed by atoms with van der Waals surface area (Å²) in [4.78, 5) is 11.5. The molecule has 0 aliphatic heterocycles.